The summed E-state index contributed by atoms with van der Waals surface area (Å²) in [5, 5.41) is 18.9. The molecule has 0 spiro atoms. The summed E-state index contributed by atoms with van der Waals surface area (Å²) in [6, 6.07) is 0. The van der Waals surface area contributed by atoms with Crippen molar-refractivity contribution in [2.24, 2.45) is 11.8 Å². The van der Waals surface area contributed by atoms with Crippen molar-refractivity contribution in [3.63, 3.8) is 0 Å². The first-order chi connectivity index (χ1) is 9.44. The Morgan fingerprint density at radius 2 is 1.27 bits per heavy atom. The topological polar surface area (TPSA) is 77.4 Å². The number of hydrogen-bond donors (Lipinski definition) is 1. The van der Waals surface area contributed by atoms with Crippen LogP contribution in [0.25, 0.3) is 0 Å². The van der Waals surface area contributed by atoms with E-state index in [1.807, 2.05) is 13.8 Å². The van der Waals surface area contributed by atoms with Gasteiger partial charge >= 0.3 is 23.3 Å². The number of halogens is 1. The summed E-state index contributed by atoms with van der Waals surface area (Å²) in [6.07, 6.45) is 7.24. The van der Waals surface area contributed by atoms with Gasteiger partial charge in [0.05, 0.1) is 5.92 Å². The molecule has 0 aliphatic heterocycles. The van der Waals surface area contributed by atoms with Crippen LogP contribution in [0.5, 0.6) is 0 Å². The molecule has 0 aromatic rings. The molecule has 0 radical (unpaired) electrons. The molecule has 2 atom stereocenters. The summed E-state index contributed by atoms with van der Waals surface area (Å²) in [7, 11) is 0. The molecule has 0 aliphatic rings. The van der Waals surface area contributed by atoms with Gasteiger partial charge in [-0.25, -0.2) is 0 Å². The molecule has 6 heteroatoms. The van der Waals surface area contributed by atoms with Crippen LogP contribution in [0.15, 0.2) is 0 Å². The number of unbranched alkanes of at least 4 members (excludes halogenated alkanes) is 2. The third-order valence-corrected chi connectivity index (χ3v) is 3.48. The average Bonchev–Trinajstić information content (AvgIpc) is 2.40. The van der Waals surface area contributed by atoms with E-state index in [1.165, 1.54) is 0 Å². The van der Waals surface area contributed by atoms with Gasteiger partial charge in [-0.05, 0) is 31.6 Å². The second-order valence-corrected chi connectivity index (χ2v) is 5.15. The van der Waals surface area contributed by atoms with Crippen molar-refractivity contribution < 1.29 is 61.1 Å². The van der Waals surface area contributed by atoms with E-state index in [0.717, 1.165) is 44.9 Å². The standard InChI is InChI=1S/2C8H16O2.Cr.HI/c2*1-3-5-6-7(4-2)8(9)10;;/h2*7H,3-6H2,1-2H3,(H,9,10);;1H/q;;+2;/p-2. The molecule has 132 valence electrons. The number of carbonyl (C=O) groups is 2. The smallest absolute Gasteiger partial charge is 1.00 e. The van der Waals surface area contributed by atoms with Crippen LogP contribution < -0.4 is 29.1 Å². The molecule has 0 fully saturated rings. The Morgan fingerprint density at radius 1 is 0.909 bits per heavy atom. The first kappa shape index (κ1) is 30.1. The first-order valence-corrected chi connectivity index (χ1v) is 7.87. The monoisotopic (exact) mass is 466 g/mol. The van der Waals surface area contributed by atoms with Gasteiger partial charge in [-0.3, -0.25) is 4.79 Å². The molecular weight excluding hydrogens is 435 g/mol. The zero-order valence-electron chi connectivity index (χ0n) is 14.3. The molecule has 0 bridgehead atoms. The number of aliphatic carboxylic acids is 2. The van der Waals surface area contributed by atoms with Crippen molar-refractivity contribution in [2.75, 3.05) is 0 Å². The fourth-order valence-electron chi connectivity index (χ4n) is 1.89. The molecule has 0 saturated heterocycles. The summed E-state index contributed by atoms with van der Waals surface area (Å²) >= 11 is 0. The van der Waals surface area contributed by atoms with E-state index < -0.39 is 11.9 Å². The zero-order chi connectivity index (χ0) is 16.0. The fourth-order valence-corrected chi connectivity index (χ4v) is 1.89. The molecule has 2 unspecified atom stereocenters. The molecule has 0 amide bonds. The Morgan fingerprint density at radius 3 is 1.50 bits per heavy atom. The van der Waals surface area contributed by atoms with Crippen LogP contribution >= 0.6 is 0 Å². The zero-order valence-corrected chi connectivity index (χ0v) is 17.7. The Labute approximate surface area is 163 Å². The summed E-state index contributed by atoms with van der Waals surface area (Å²) in [5.74, 6) is -1.87. The second-order valence-electron chi connectivity index (χ2n) is 5.15. The third-order valence-electron chi connectivity index (χ3n) is 3.48. The van der Waals surface area contributed by atoms with E-state index in [-0.39, 0.29) is 53.2 Å². The molecule has 0 aromatic carbocycles. The third kappa shape index (κ3) is 18.3. The predicted molar refractivity (Wildman–Crippen MR) is 79.3 cm³/mol. The normalized spacial score (nSPS) is 11.8. The van der Waals surface area contributed by atoms with Crippen LogP contribution in [-0.2, 0) is 27.0 Å². The molecule has 4 nitrogen and oxygen atoms in total. The van der Waals surface area contributed by atoms with Crippen molar-refractivity contribution >= 4 is 11.9 Å². The van der Waals surface area contributed by atoms with Gasteiger partial charge in [0.25, 0.3) is 0 Å². The molecule has 22 heavy (non-hydrogen) atoms. The van der Waals surface area contributed by atoms with Gasteiger partial charge < -0.3 is 39.0 Å². The fraction of sp³-hybridized carbons (Fsp3) is 0.875. The first-order valence-electron chi connectivity index (χ1n) is 7.87. The number of carboxylic acids is 2. The van der Waals surface area contributed by atoms with E-state index >= 15 is 0 Å². The van der Waals surface area contributed by atoms with Gasteiger partial charge in [0.1, 0.15) is 0 Å². The summed E-state index contributed by atoms with van der Waals surface area (Å²) in [5.41, 5.74) is 0. The second kappa shape index (κ2) is 21.2. The number of carbonyl (C=O) groups excluding carboxylic acids is 1. The van der Waals surface area contributed by atoms with Gasteiger partial charge in [0.15, 0.2) is 0 Å². The van der Waals surface area contributed by atoms with Crippen molar-refractivity contribution in [2.45, 2.75) is 79.1 Å². The Hall–Kier alpha value is 0.202. The van der Waals surface area contributed by atoms with Crippen LogP contribution in [-0.4, -0.2) is 17.0 Å². The average molecular weight is 466 g/mol. The van der Waals surface area contributed by atoms with E-state index in [0.29, 0.717) is 6.42 Å². The minimum atomic E-state index is -0.893. The summed E-state index contributed by atoms with van der Waals surface area (Å²) < 4.78 is 0. The molecule has 1 N–H and O–H groups in total. The SMILES string of the molecule is CCCCC(CC)C(=O)O.CCCCC(CC)C(=O)[O-].[Cr+2].[I-]. The summed E-state index contributed by atoms with van der Waals surface area (Å²) in [4.78, 5) is 20.8. The van der Waals surface area contributed by atoms with Crippen molar-refractivity contribution in [3.8, 4) is 0 Å². The van der Waals surface area contributed by atoms with Gasteiger partial charge in [-0.15, -0.1) is 0 Å². The molecule has 0 rings (SSSR count). The van der Waals surface area contributed by atoms with Crippen molar-refractivity contribution in [1.29, 1.82) is 0 Å². The largest absolute Gasteiger partial charge is 2.00 e. The quantitative estimate of drug-likeness (QED) is 0.469. The van der Waals surface area contributed by atoms with Crippen LogP contribution in [0.4, 0.5) is 0 Å². The van der Waals surface area contributed by atoms with E-state index in [4.69, 9.17) is 5.11 Å². The molecule has 0 aromatic heterocycles. The van der Waals surface area contributed by atoms with Gasteiger partial charge in [-0.1, -0.05) is 53.4 Å². The maximum absolute atomic E-state index is 10.4. The van der Waals surface area contributed by atoms with E-state index in [1.54, 1.807) is 0 Å². The molecule has 0 heterocycles. The number of rotatable bonds is 10. The van der Waals surface area contributed by atoms with Gasteiger partial charge in [0.2, 0.25) is 0 Å². The van der Waals surface area contributed by atoms with Crippen molar-refractivity contribution in [1.82, 2.24) is 0 Å². The van der Waals surface area contributed by atoms with E-state index in [2.05, 4.69) is 13.8 Å². The van der Waals surface area contributed by atoms with Gasteiger partial charge in [0, 0.05) is 5.97 Å². The molecule has 0 saturated carbocycles. The summed E-state index contributed by atoms with van der Waals surface area (Å²) in [6.45, 7) is 7.95. The number of hydrogen-bond acceptors (Lipinski definition) is 3. The van der Waals surface area contributed by atoms with Crippen LogP contribution in [0.2, 0.25) is 0 Å². The van der Waals surface area contributed by atoms with Gasteiger partial charge in [-0.2, -0.15) is 0 Å². The van der Waals surface area contributed by atoms with Crippen LogP contribution in [0.3, 0.4) is 0 Å². The minimum absolute atomic E-state index is 0. The number of carboxylic acid groups (broad SMARTS) is 2. The van der Waals surface area contributed by atoms with E-state index in [9.17, 15) is 14.7 Å². The Balaban J connectivity index is -0.000000135. The Bertz CT molecular complexity index is 237. The molecular formula is C16H31CrIO4. The predicted octanol–water partition coefficient (Wildman–Crippen LogP) is 0.242. The van der Waals surface area contributed by atoms with Crippen molar-refractivity contribution in [3.05, 3.63) is 0 Å². The van der Waals surface area contributed by atoms with Crippen LogP contribution in [0, 0.1) is 11.8 Å². The molecule has 0 aliphatic carbocycles. The van der Waals surface area contributed by atoms with Crippen LogP contribution in [0.1, 0.15) is 79.1 Å². The minimum Gasteiger partial charge on any atom is -1.00 e. The Kier molecular flexibility index (Phi) is 29.0. The maximum Gasteiger partial charge on any atom is 2.00 e. The maximum atomic E-state index is 10.4.